The molecule has 1 atom stereocenters. The maximum Gasteiger partial charge on any atom is 0.0492 e. The SMILES string of the molecule is Cc1cccc(C(c2ccccc2)c2ccc(N(c3ccc(N(c4ccccc4)c4cccc(C)c4)cc3)c3ccc(N(c4ccccc4)c4ccccc4)cc3C)cc2)c1. The molecule has 0 fully saturated rings. The number of hydrogen-bond donors (Lipinski definition) is 0. The molecule has 3 heteroatoms. The lowest BCUT2D eigenvalue weighted by Gasteiger charge is -2.31. The number of para-hydroxylation sites is 3. The topological polar surface area (TPSA) is 9.72 Å². The first-order valence-corrected chi connectivity index (χ1v) is 21.0. The van der Waals surface area contributed by atoms with Gasteiger partial charge in [-0.15, -0.1) is 0 Å². The quantitative estimate of drug-likeness (QED) is 0.114. The average Bonchev–Trinajstić information content (AvgIpc) is 3.30. The monoisotopic (exact) mass is 787 g/mol. The molecule has 9 aromatic carbocycles. The lowest BCUT2D eigenvalue weighted by atomic mass is 9.84. The van der Waals surface area contributed by atoms with E-state index in [0.717, 1.165) is 56.7 Å². The largest absolute Gasteiger partial charge is 0.310 e. The zero-order chi connectivity index (χ0) is 41.5. The van der Waals surface area contributed by atoms with Crippen molar-refractivity contribution in [3.05, 3.63) is 270 Å². The smallest absolute Gasteiger partial charge is 0.0492 e. The normalized spacial score (nSPS) is 11.5. The summed E-state index contributed by atoms with van der Waals surface area (Å²) < 4.78 is 0. The van der Waals surface area contributed by atoms with E-state index in [1.165, 1.54) is 27.8 Å². The highest BCUT2D eigenvalue weighted by atomic mass is 15.2. The molecule has 9 aromatic rings. The molecule has 0 saturated carbocycles. The lowest BCUT2D eigenvalue weighted by Crippen LogP contribution is -2.14. The van der Waals surface area contributed by atoms with Crippen LogP contribution in [0.1, 0.15) is 39.3 Å². The van der Waals surface area contributed by atoms with E-state index in [-0.39, 0.29) is 5.92 Å². The fourth-order valence-corrected chi connectivity index (χ4v) is 8.49. The van der Waals surface area contributed by atoms with Gasteiger partial charge in [0.25, 0.3) is 0 Å². The van der Waals surface area contributed by atoms with E-state index < -0.39 is 0 Å². The van der Waals surface area contributed by atoms with Crippen LogP contribution in [0.5, 0.6) is 0 Å². The Morgan fingerprint density at radius 2 is 0.623 bits per heavy atom. The second-order valence-electron chi connectivity index (χ2n) is 15.7. The lowest BCUT2D eigenvalue weighted by molar-refractivity contribution is 0.974. The van der Waals surface area contributed by atoms with Crippen molar-refractivity contribution in [2.75, 3.05) is 14.7 Å². The number of anilines is 9. The van der Waals surface area contributed by atoms with Crippen molar-refractivity contribution in [2.24, 2.45) is 0 Å². The van der Waals surface area contributed by atoms with Crippen molar-refractivity contribution in [3.63, 3.8) is 0 Å². The van der Waals surface area contributed by atoms with Gasteiger partial charge in [0, 0.05) is 57.1 Å². The van der Waals surface area contributed by atoms with E-state index in [0.29, 0.717) is 0 Å². The molecule has 1 unspecified atom stereocenters. The molecule has 0 heterocycles. The van der Waals surface area contributed by atoms with Crippen molar-refractivity contribution in [1.82, 2.24) is 0 Å². The summed E-state index contributed by atoms with van der Waals surface area (Å²) in [5.74, 6) is 0.108. The molecule has 0 radical (unpaired) electrons. The van der Waals surface area contributed by atoms with Gasteiger partial charge in [-0.25, -0.2) is 0 Å². The molecule has 0 bridgehead atoms. The highest BCUT2D eigenvalue weighted by Gasteiger charge is 2.22. The van der Waals surface area contributed by atoms with E-state index in [2.05, 4.69) is 272 Å². The minimum absolute atomic E-state index is 0.108. The van der Waals surface area contributed by atoms with Gasteiger partial charge in [-0.1, -0.05) is 139 Å². The van der Waals surface area contributed by atoms with Gasteiger partial charge in [-0.3, -0.25) is 0 Å². The Labute approximate surface area is 361 Å². The van der Waals surface area contributed by atoms with Crippen LogP contribution < -0.4 is 14.7 Å². The highest BCUT2D eigenvalue weighted by Crippen LogP contribution is 2.43. The molecule has 0 aliphatic carbocycles. The van der Waals surface area contributed by atoms with Crippen LogP contribution in [0.3, 0.4) is 0 Å². The summed E-state index contributed by atoms with van der Waals surface area (Å²) >= 11 is 0. The first kappa shape index (κ1) is 38.9. The molecular weight excluding hydrogens is 739 g/mol. The molecule has 0 amide bonds. The maximum absolute atomic E-state index is 2.39. The van der Waals surface area contributed by atoms with Crippen LogP contribution >= 0.6 is 0 Å². The van der Waals surface area contributed by atoms with Gasteiger partial charge in [-0.2, -0.15) is 0 Å². The molecule has 61 heavy (non-hydrogen) atoms. The first-order valence-electron chi connectivity index (χ1n) is 21.0. The van der Waals surface area contributed by atoms with Crippen LogP contribution in [0.2, 0.25) is 0 Å². The van der Waals surface area contributed by atoms with Gasteiger partial charge in [0.05, 0.1) is 0 Å². The van der Waals surface area contributed by atoms with Gasteiger partial charge >= 0.3 is 0 Å². The van der Waals surface area contributed by atoms with E-state index in [1.54, 1.807) is 0 Å². The molecule has 0 N–H and O–H groups in total. The fraction of sp³-hybridized carbons (Fsp3) is 0.0690. The molecule has 0 aliphatic heterocycles. The van der Waals surface area contributed by atoms with Gasteiger partial charge in [0.15, 0.2) is 0 Å². The predicted molar refractivity (Wildman–Crippen MR) is 259 cm³/mol. The zero-order valence-corrected chi connectivity index (χ0v) is 34.9. The molecule has 0 aromatic heterocycles. The summed E-state index contributed by atoms with van der Waals surface area (Å²) in [4.78, 5) is 7.04. The third-order valence-corrected chi connectivity index (χ3v) is 11.3. The first-order chi connectivity index (χ1) is 30.0. The summed E-state index contributed by atoms with van der Waals surface area (Å²) in [6, 6.07) is 85.3. The minimum Gasteiger partial charge on any atom is -0.310 e. The molecule has 296 valence electrons. The summed E-state index contributed by atoms with van der Waals surface area (Å²) in [7, 11) is 0. The highest BCUT2D eigenvalue weighted by molar-refractivity contribution is 5.85. The van der Waals surface area contributed by atoms with Gasteiger partial charge < -0.3 is 14.7 Å². The Morgan fingerprint density at radius 3 is 1.11 bits per heavy atom. The molecule has 0 saturated heterocycles. The number of benzene rings is 9. The number of hydrogen-bond acceptors (Lipinski definition) is 3. The summed E-state index contributed by atoms with van der Waals surface area (Å²) in [5, 5.41) is 0. The summed E-state index contributed by atoms with van der Waals surface area (Å²) in [5.41, 5.74) is 17.4. The second-order valence-corrected chi connectivity index (χ2v) is 15.7. The van der Waals surface area contributed by atoms with Crippen LogP contribution in [0.4, 0.5) is 51.2 Å². The van der Waals surface area contributed by atoms with E-state index in [1.807, 2.05) is 0 Å². The number of nitrogens with zero attached hydrogens (tertiary/aromatic N) is 3. The van der Waals surface area contributed by atoms with Crippen LogP contribution in [-0.4, -0.2) is 0 Å². The van der Waals surface area contributed by atoms with Crippen molar-refractivity contribution in [2.45, 2.75) is 26.7 Å². The van der Waals surface area contributed by atoms with Crippen molar-refractivity contribution in [3.8, 4) is 0 Å². The zero-order valence-electron chi connectivity index (χ0n) is 34.9. The van der Waals surface area contributed by atoms with Gasteiger partial charge in [0.1, 0.15) is 0 Å². The van der Waals surface area contributed by atoms with Crippen molar-refractivity contribution >= 4 is 51.2 Å². The van der Waals surface area contributed by atoms with Crippen LogP contribution in [0.15, 0.2) is 237 Å². The van der Waals surface area contributed by atoms with Gasteiger partial charge in [-0.05, 0) is 152 Å². The van der Waals surface area contributed by atoms with Crippen LogP contribution in [0.25, 0.3) is 0 Å². The molecular formula is C58H49N3. The van der Waals surface area contributed by atoms with Crippen molar-refractivity contribution < 1.29 is 0 Å². The standard InChI is InChI=1S/C58H49N3/c1-43-18-16-22-48(40-43)58(46-20-8-4-9-21-46)47-30-32-53(33-31-47)61(54-36-34-52(35-37-54)60(51-27-14-7-15-28-51)55-29-17-19-44(2)41-55)57-39-38-56(42-45(57)3)59(49-23-10-5-11-24-49)50-25-12-6-13-26-50/h4-42,58H,1-3H3. The second kappa shape index (κ2) is 17.7. The third kappa shape index (κ3) is 8.46. The summed E-state index contributed by atoms with van der Waals surface area (Å²) in [6.45, 7) is 6.54. The van der Waals surface area contributed by atoms with Crippen molar-refractivity contribution in [1.29, 1.82) is 0 Å². The fourth-order valence-electron chi connectivity index (χ4n) is 8.49. The average molecular weight is 788 g/mol. The summed E-state index contributed by atoms with van der Waals surface area (Å²) in [6.07, 6.45) is 0. The molecule has 9 rings (SSSR count). The third-order valence-electron chi connectivity index (χ3n) is 11.3. The Hall–Kier alpha value is -7.62. The van der Waals surface area contributed by atoms with E-state index in [9.17, 15) is 0 Å². The molecule has 0 aliphatic rings. The predicted octanol–water partition coefficient (Wildman–Crippen LogP) is 16.2. The Bertz CT molecular complexity index is 2650. The Morgan fingerprint density at radius 1 is 0.262 bits per heavy atom. The number of rotatable bonds is 12. The van der Waals surface area contributed by atoms with E-state index >= 15 is 0 Å². The van der Waals surface area contributed by atoms with Crippen LogP contribution in [-0.2, 0) is 0 Å². The van der Waals surface area contributed by atoms with Crippen LogP contribution in [0, 0.1) is 20.8 Å². The Kier molecular flexibility index (Phi) is 11.3. The van der Waals surface area contributed by atoms with E-state index in [4.69, 9.17) is 0 Å². The van der Waals surface area contributed by atoms with Gasteiger partial charge in [0.2, 0.25) is 0 Å². The number of aryl methyl sites for hydroxylation is 3. The molecule has 0 spiro atoms. The maximum atomic E-state index is 2.39. The molecule has 3 nitrogen and oxygen atoms in total. The Balaban J connectivity index is 1.15. The minimum atomic E-state index is 0.108.